The van der Waals surface area contributed by atoms with Crippen molar-refractivity contribution >= 4 is 119 Å². The number of rotatable bonds is 9. The van der Waals surface area contributed by atoms with Crippen molar-refractivity contribution in [1.29, 1.82) is 0 Å². The van der Waals surface area contributed by atoms with Crippen molar-refractivity contribution in [1.82, 2.24) is 0 Å². The lowest BCUT2D eigenvalue weighted by Gasteiger charge is -2.40. The van der Waals surface area contributed by atoms with Gasteiger partial charge in [-0.25, -0.2) is 0 Å². The van der Waals surface area contributed by atoms with E-state index in [9.17, 15) is 0 Å². The van der Waals surface area contributed by atoms with Crippen LogP contribution < -0.4 is 0 Å². The molecule has 4 aromatic rings. The summed E-state index contributed by atoms with van der Waals surface area (Å²) in [6, 6.07) is 35.1. The van der Waals surface area contributed by atoms with Crippen LogP contribution in [0.3, 0.4) is 0 Å². The minimum absolute atomic E-state index is 0.687. The van der Waals surface area contributed by atoms with Crippen molar-refractivity contribution in [3.63, 3.8) is 0 Å². The molecule has 39 heavy (non-hydrogen) atoms. The van der Waals surface area contributed by atoms with Crippen molar-refractivity contribution in [3.8, 4) is 0 Å². The SMILES string of the molecule is Cl[Si](Cl)(Cl)C([Si](Cl)(Cl)/C(=C/c1ccccc1)c1ccccc1)[Si](Cl)(Cl)/C(=C/c1ccccc1)c1ccccc1. The highest BCUT2D eigenvalue weighted by molar-refractivity contribution is 7.79. The fraction of sp³-hybridized carbons (Fsp3) is 0.0345. The molecule has 200 valence electrons. The van der Waals surface area contributed by atoms with Crippen LogP contribution in [0.5, 0.6) is 0 Å². The van der Waals surface area contributed by atoms with Gasteiger partial charge in [-0.15, -0.1) is 77.6 Å². The second-order valence-electron chi connectivity index (χ2n) is 8.89. The van der Waals surface area contributed by atoms with E-state index in [4.69, 9.17) is 77.6 Å². The van der Waals surface area contributed by atoms with Gasteiger partial charge in [0, 0.05) is 4.79 Å². The summed E-state index contributed by atoms with van der Waals surface area (Å²) in [6.07, 6.45) is 3.92. The van der Waals surface area contributed by atoms with E-state index in [0.717, 1.165) is 22.3 Å². The van der Waals surface area contributed by atoms with Crippen LogP contribution in [0, 0.1) is 0 Å². The monoisotopic (exact) mass is 700 g/mol. The number of benzene rings is 4. The fourth-order valence-electron chi connectivity index (χ4n) is 4.36. The third kappa shape index (κ3) is 7.66. The molecule has 0 atom stereocenters. The Morgan fingerprint density at radius 2 is 0.718 bits per heavy atom. The first-order valence-electron chi connectivity index (χ1n) is 12.0. The van der Waals surface area contributed by atoms with Gasteiger partial charge >= 0.3 is 6.00 Å². The Balaban J connectivity index is 1.96. The molecule has 0 bridgehead atoms. The molecule has 0 saturated carbocycles. The summed E-state index contributed by atoms with van der Waals surface area (Å²) >= 11 is 50.7. The van der Waals surface area contributed by atoms with E-state index in [1.54, 1.807) is 0 Å². The smallest absolute Gasteiger partial charge is 0.140 e. The van der Waals surface area contributed by atoms with E-state index < -0.39 is 24.2 Å². The third-order valence-electron chi connectivity index (χ3n) is 6.16. The van der Waals surface area contributed by atoms with Crippen LogP contribution in [-0.4, -0.2) is 19.4 Å². The molecule has 0 radical (unpaired) electrons. The van der Waals surface area contributed by atoms with Gasteiger partial charge in [0.15, 0.2) is 0 Å². The first-order chi connectivity index (χ1) is 18.5. The molecule has 0 spiro atoms. The van der Waals surface area contributed by atoms with Crippen LogP contribution in [0.15, 0.2) is 121 Å². The molecule has 0 aliphatic rings. The van der Waals surface area contributed by atoms with Crippen LogP contribution in [-0.2, 0) is 0 Å². The molecule has 10 heteroatoms. The largest absolute Gasteiger partial charge is 0.344 e. The molecule has 0 nitrogen and oxygen atoms in total. The van der Waals surface area contributed by atoms with Crippen LogP contribution in [0.2, 0.25) is 4.79 Å². The minimum atomic E-state index is -3.75. The van der Waals surface area contributed by atoms with E-state index >= 15 is 0 Å². The highest BCUT2D eigenvalue weighted by Gasteiger charge is 2.65. The zero-order valence-corrected chi connectivity index (χ0v) is 28.7. The predicted molar refractivity (Wildman–Crippen MR) is 183 cm³/mol. The number of hydrogen-bond acceptors (Lipinski definition) is 0. The van der Waals surface area contributed by atoms with E-state index in [2.05, 4.69) is 0 Å². The predicted octanol–water partition coefficient (Wildman–Crippen LogP) is 11.5. The molecule has 4 aromatic carbocycles. The van der Waals surface area contributed by atoms with Gasteiger partial charge in [-0.05, 0) is 32.6 Å². The van der Waals surface area contributed by atoms with E-state index in [1.165, 1.54) is 0 Å². The van der Waals surface area contributed by atoms with Gasteiger partial charge in [0.25, 0.3) is 13.4 Å². The summed E-state index contributed by atoms with van der Waals surface area (Å²) in [6.45, 7) is -7.48. The average molecular weight is 704 g/mol. The molecule has 0 amide bonds. The zero-order valence-electron chi connectivity index (χ0n) is 20.4. The Morgan fingerprint density at radius 1 is 0.436 bits per heavy atom. The Labute approximate surface area is 265 Å². The first-order valence-corrected chi connectivity index (χ1v) is 25.3. The normalized spacial score (nSPS) is 13.5. The molecule has 0 N–H and O–H groups in total. The molecular formula is C29H23Cl7Si3. The Kier molecular flexibility index (Phi) is 10.6. The van der Waals surface area contributed by atoms with Gasteiger partial charge in [0.2, 0.25) is 0 Å². The maximum atomic E-state index is 7.51. The zero-order chi connectivity index (χ0) is 28.1. The van der Waals surface area contributed by atoms with Gasteiger partial charge in [0.05, 0.1) is 0 Å². The van der Waals surface area contributed by atoms with Gasteiger partial charge in [-0.1, -0.05) is 133 Å². The highest BCUT2D eigenvalue weighted by Crippen LogP contribution is 2.59. The average Bonchev–Trinajstić information content (AvgIpc) is 2.91. The lowest BCUT2D eigenvalue weighted by Crippen LogP contribution is -2.52. The van der Waals surface area contributed by atoms with Crippen molar-refractivity contribution < 1.29 is 0 Å². The third-order valence-corrected chi connectivity index (χ3v) is 33.1. The van der Waals surface area contributed by atoms with Crippen LogP contribution in [0.25, 0.3) is 22.5 Å². The standard InChI is InChI=1S/C29H23Cl7Si3/c30-37(31,27(25-17-9-3-10-18-25)21-23-13-5-1-6-14-23)29(39(34,35)36)38(32,33)28(26-19-11-4-12-20-26)22-24-15-7-2-8-16-24/h1-22,29H/b27-21+,28-22+. The van der Waals surface area contributed by atoms with Crippen LogP contribution in [0.4, 0.5) is 0 Å². The van der Waals surface area contributed by atoms with Crippen molar-refractivity contribution in [2.24, 2.45) is 0 Å². The molecular weight excluding hydrogens is 681 g/mol. The lowest BCUT2D eigenvalue weighted by atomic mass is 10.1. The summed E-state index contributed by atoms with van der Waals surface area (Å²) in [5.74, 6) is 0. The van der Waals surface area contributed by atoms with Gasteiger partial charge in [0.1, 0.15) is 0 Å². The quantitative estimate of drug-likeness (QED) is 0.0925. The van der Waals surface area contributed by atoms with E-state index in [0.29, 0.717) is 10.4 Å². The van der Waals surface area contributed by atoms with E-state index in [1.807, 2.05) is 133 Å². The molecule has 0 aliphatic carbocycles. The maximum Gasteiger partial charge on any atom is 0.344 e. The van der Waals surface area contributed by atoms with Crippen molar-refractivity contribution in [3.05, 3.63) is 144 Å². The van der Waals surface area contributed by atoms with Gasteiger partial charge in [-0.3, -0.25) is 0 Å². The lowest BCUT2D eigenvalue weighted by molar-refractivity contribution is 1.60. The Morgan fingerprint density at radius 3 is 1.00 bits per heavy atom. The second kappa shape index (κ2) is 13.3. The molecule has 0 aromatic heterocycles. The summed E-state index contributed by atoms with van der Waals surface area (Å²) in [5.41, 5.74) is 3.49. The summed E-state index contributed by atoms with van der Waals surface area (Å²) in [4.78, 5) is -0.931. The molecule has 0 aliphatic heterocycles. The van der Waals surface area contributed by atoms with Crippen LogP contribution in [0.1, 0.15) is 22.3 Å². The molecule has 0 fully saturated rings. The molecule has 0 unspecified atom stereocenters. The van der Waals surface area contributed by atoms with Crippen molar-refractivity contribution in [2.75, 3.05) is 0 Å². The Bertz CT molecular complexity index is 1320. The maximum absolute atomic E-state index is 7.51. The molecule has 4 rings (SSSR count). The second-order valence-corrected chi connectivity index (χ2v) is 32.4. The molecule has 0 heterocycles. The van der Waals surface area contributed by atoms with E-state index in [-0.39, 0.29) is 0 Å². The first kappa shape index (κ1) is 31.0. The van der Waals surface area contributed by atoms with Gasteiger partial charge < -0.3 is 0 Å². The summed E-state index contributed by atoms with van der Waals surface area (Å²) in [7, 11) is 0. The molecule has 0 saturated heterocycles. The number of halogens is 7. The number of hydrogen-bond donors (Lipinski definition) is 0. The van der Waals surface area contributed by atoms with Crippen molar-refractivity contribution in [2.45, 2.75) is 4.79 Å². The van der Waals surface area contributed by atoms with Gasteiger partial charge in [-0.2, -0.15) is 0 Å². The summed E-state index contributed by atoms with van der Waals surface area (Å²) in [5, 5.41) is 1.37. The fourth-order valence-corrected chi connectivity index (χ4v) is 44.4. The topological polar surface area (TPSA) is 0 Å². The van der Waals surface area contributed by atoms with Crippen LogP contribution >= 0.6 is 77.6 Å². The minimum Gasteiger partial charge on any atom is -0.140 e. The highest BCUT2D eigenvalue weighted by atomic mass is 35.8. The summed E-state index contributed by atoms with van der Waals surface area (Å²) < 4.78 is 0. The Hall–Kier alpha value is -0.959.